The van der Waals surface area contributed by atoms with E-state index < -0.39 is 0 Å². The second-order valence-electron chi connectivity index (χ2n) is 10.1. The zero-order valence-corrected chi connectivity index (χ0v) is 21.8. The fourth-order valence-corrected chi connectivity index (χ4v) is 5.44. The Kier molecular flexibility index (Phi) is 5.34. The van der Waals surface area contributed by atoms with Crippen LogP contribution < -0.4 is 16.4 Å². The molecule has 5 heterocycles. The number of hydrogen-bond donors (Lipinski definition) is 2. The minimum atomic E-state index is 0.120. The lowest BCUT2D eigenvalue weighted by Gasteiger charge is -2.34. The second-order valence-corrected chi connectivity index (χ2v) is 10.1. The molecule has 4 aromatic heterocycles. The molecule has 0 aliphatic carbocycles. The third kappa shape index (κ3) is 3.98. The molecule has 0 bridgehead atoms. The van der Waals surface area contributed by atoms with E-state index in [1.807, 2.05) is 22.9 Å². The number of nitrogens with two attached hydrogens (primary N) is 2. The van der Waals surface area contributed by atoms with Crippen molar-refractivity contribution in [3.63, 3.8) is 0 Å². The predicted molar refractivity (Wildman–Crippen MR) is 152 cm³/mol. The summed E-state index contributed by atoms with van der Waals surface area (Å²) in [6, 6.07) is 14.3. The van der Waals surface area contributed by atoms with Gasteiger partial charge in [-0.3, -0.25) is 0 Å². The van der Waals surface area contributed by atoms with Crippen LogP contribution in [0.25, 0.3) is 44.2 Å². The van der Waals surface area contributed by atoms with Crippen LogP contribution >= 0.6 is 0 Å². The largest absolute Gasteiger partial charge is 0.424 e. The molecule has 196 valence electrons. The van der Waals surface area contributed by atoms with Gasteiger partial charge >= 0.3 is 0 Å². The average Bonchev–Trinajstić information content (AvgIpc) is 3.48. The Morgan fingerprint density at radius 1 is 0.949 bits per heavy atom. The van der Waals surface area contributed by atoms with E-state index in [0.29, 0.717) is 40.2 Å². The summed E-state index contributed by atoms with van der Waals surface area (Å²) >= 11 is 0. The van der Waals surface area contributed by atoms with Gasteiger partial charge in [-0.15, -0.1) is 0 Å². The van der Waals surface area contributed by atoms with Gasteiger partial charge < -0.3 is 25.7 Å². The summed E-state index contributed by atoms with van der Waals surface area (Å²) in [6.45, 7) is 6.45. The molecule has 1 aliphatic rings. The molecule has 1 fully saturated rings. The Morgan fingerprint density at radius 2 is 1.79 bits per heavy atom. The van der Waals surface area contributed by atoms with Crippen molar-refractivity contribution in [1.82, 2.24) is 34.6 Å². The van der Waals surface area contributed by atoms with Gasteiger partial charge in [-0.05, 0) is 49.2 Å². The molecule has 39 heavy (non-hydrogen) atoms. The Morgan fingerprint density at radius 3 is 2.64 bits per heavy atom. The minimum Gasteiger partial charge on any atom is -0.424 e. The number of pyridine rings is 1. The molecular formula is C28H28N10O. The van der Waals surface area contributed by atoms with Crippen LogP contribution in [0, 0.1) is 6.92 Å². The number of oxazole rings is 1. The second kappa shape index (κ2) is 8.91. The molecule has 1 aliphatic heterocycles. The Balaban J connectivity index is 1.35. The highest BCUT2D eigenvalue weighted by atomic mass is 16.4. The van der Waals surface area contributed by atoms with E-state index in [2.05, 4.69) is 63.0 Å². The van der Waals surface area contributed by atoms with Gasteiger partial charge in [-0.2, -0.15) is 10.1 Å². The van der Waals surface area contributed by atoms with Crippen molar-refractivity contribution in [2.45, 2.75) is 13.5 Å². The minimum absolute atomic E-state index is 0.120. The number of likely N-dealkylation sites (N-methyl/N-ethyl adjacent to an activating group) is 1. The molecule has 0 saturated carbocycles. The first-order valence-corrected chi connectivity index (χ1v) is 12.9. The number of hydrogen-bond acceptors (Lipinski definition) is 10. The lowest BCUT2D eigenvalue weighted by molar-refractivity contribution is 0.312. The zero-order chi connectivity index (χ0) is 26.7. The third-order valence-electron chi connectivity index (χ3n) is 7.45. The van der Waals surface area contributed by atoms with Crippen molar-refractivity contribution < 1.29 is 4.42 Å². The number of rotatable bonds is 4. The number of nitrogen functional groups attached to an aromatic ring is 2. The maximum absolute atomic E-state index is 6.36. The van der Waals surface area contributed by atoms with E-state index in [0.717, 1.165) is 48.6 Å². The Bertz CT molecular complexity index is 1870. The van der Waals surface area contributed by atoms with Crippen molar-refractivity contribution in [2.24, 2.45) is 0 Å². The first-order valence-electron chi connectivity index (χ1n) is 12.9. The number of fused-ring (bicyclic) bond motifs is 3. The molecule has 11 nitrogen and oxygen atoms in total. The van der Waals surface area contributed by atoms with Crippen LogP contribution in [0.4, 0.5) is 17.7 Å². The maximum atomic E-state index is 6.36. The molecular weight excluding hydrogens is 492 g/mol. The van der Waals surface area contributed by atoms with Crippen LogP contribution in [0.1, 0.15) is 11.3 Å². The van der Waals surface area contributed by atoms with Gasteiger partial charge in [0.25, 0.3) is 6.01 Å². The first kappa shape index (κ1) is 23.4. The van der Waals surface area contributed by atoms with Crippen LogP contribution in [0.2, 0.25) is 0 Å². The van der Waals surface area contributed by atoms with Crippen molar-refractivity contribution in [3.05, 3.63) is 60.0 Å². The predicted octanol–water partition coefficient (Wildman–Crippen LogP) is 3.46. The molecule has 7 rings (SSSR count). The smallest absolute Gasteiger partial charge is 0.292 e. The van der Waals surface area contributed by atoms with Crippen LogP contribution in [0.3, 0.4) is 0 Å². The highest BCUT2D eigenvalue weighted by Crippen LogP contribution is 2.34. The SMILES string of the molecule is Cc1cccc2cc(Cn3nc(-c4ccc5oc(N)nc5c4)c4c(N)ncnc43)nc(N3CCN(C)CC3)c12. The van der Waals surface area contributed by atoms with Gasteiger partial charge in [-0.25, -0.2) is 19.6 Å². The number of piperazine rings is 1. The lowest BCUT2D eigenvalue weighted by atomic mass is 10.0. The Labute approximate surface area is 224 Å². The average molecular weight is 521 g/mol. The highest BCUT2D eigenvalue weighted by molar-refractivity contribution is 5.99. The van der Waals surface area contributed by atoms with Gasteiger partial charge in [0, 0.05) is 37.1 Å². The summed E-state index contributed by atoms with van der Waals surface area (Å²) in [5, 5.41) is 8.01. The summed E-state index contributed by atoms with van der Waals surface area (Å²) < 4.78 is 7.29. The molecule has 4 N–H and O–H groups in total. The molecule has 0 radical (unpaired) electrons. The number of aryl methyl sites for hydroxylation is 1. The fraction of sp³-hybridized carbons (Fsp3) is 0.250. The number of benzene rings is 2. The van der Waals surface area contributed by atoms with Crippen LogP contribution in [0.5, 0.6) is 0 Å². The number of nitrogens with zero attached hydrogens (tertiary/aromatic N) is 8. The summed E-state index contributed by atoms with van der Waals surface area (Å²) in [7, 11) is 2.16. The topological polar surface area (TPSA) is 141 Å². The van der Waals surface area contributed by atoms with E-state index in [-0.39, 0.29) is 6.01 Å². The maximum Gasteiger partial charge on any atom is 0.292 e. The van der Waals surface area contributed by atoms with Gasteiger partial charge in [0.2, 0.25) is 0 Å². The molecule has 6 aromatic rings. The standard InChI is InChI=1S/C28H28N10O/c1-16-4-3-5-17-12-19(33-27(22(16)17)37-10-8-36(2)9-11-37)14-38-26-23(25(29)31-15-32-26)24(35-38)18-6-7-21-20(13-18)34-28(30)39-21/h3-7,12-13,15H,8-11,14H2,1-2H3,(H2,30,34)(H2,29,31,32). The fourth-order valence-electron chi connectivity index (χ4n) is 5.44. The Hall–Kier alpha value is -4.77. The van der Waals surface area contributed by atoms with Gasteiger partial charge in [-0.1, -0.05) is 18.2 Å². The summed E-state index contributed by atoms with van der Waals surface area (Å²) in [4.78, 5) is 23.0. The summed E-state index contributed by atoms with van der Waals surface area (Å²) in [5.74, 6) is 1.38. The highest BCUT2D eigenvalue weighted by Gasteiger charge is 2.22. The van der Waals surface area contributed by atoms with E-state index in [1.54, 1.807) is 0 Å². The van der Waals surface area contributed by atoms with Crippen molar-refractivity contribution in [2.75, 3.05) is 49.6 Å². The molecule has 2 aromatic carbocycles. The molecule has 11 heteroatoms. The van der Waals surface area contributed by atoms with Crippen LogP contribution in [0.15, 0.2) is 53.2 Å². The third-order valence-corrected chi connectivity index (χ3v) is 7.45. The van der Waals surface area contributed by atoms with Crippen LogP contribution in [-0.2, 0) is 6.54 Å². The summed E-state index contributed by atoms with van der Waals surface area (Å²) in [6.07, 6.45) is 1.47. The van der Waals surface area contributed by atoms with Gasteiger partial charge in [0.1, 0.15) is 29.2 Å². The first-order chi connectivity index (χ1) is 18.9. The van der Waals surface area contributed by atoms with Crippen molar-refractivity contribution >= 4 is 50.6 Å². The molecule has 1 saturated heterocycles. The number of anilines is 3. The molecule has 0 amide bonds. The van der Waals surface area contributed by atoms with E-state index in [1.165, 1.54) is 17.3 Å². The van der Waals surface area contributed by atoms with Crippen molar-refractivity contribution in [1.29, 1.82) is 0 Å². The van der Waals surface area contributed by atoms with E-state index >= 15 is 0 Å². The van der Waals surface area contributed by atoms with Gasteiger partial charge in [0.15, 0.2) is 11.2 Å². The van der Waals surface area contributed by atoms with E-state index in [4.69, 9.17) is 26.0 Å². The molecule has 0 unspecified atom stereocenters. The van der Waals surface area contributed by atoms with Crippen molar-refractivity contribution in [3.8, 4) is 11.3 Å². The normalized spacial score (nSPS) is 14.7. The zero-order valence-electron chi connectivity index (χ0n) is 21.8. The quantitative estimate of drug-likeness (QED) is 0.355. The monoisotopic (exact) mass is 520 g/mol. The number of aromatic nitrogens is 6. The molecule has 0 atom stereocenters. The summed E-state index contributed by atoms with van der Waals surface area (Å²) in [5.41, 5.74) is 17.6. The van der Waals surface area contributed by atoms with E-state index in [9.17, 15) is 0 Å². The molecule has 0 spiro atoms. The van der Waals surface area contributed by atoms with Crippen LogP contribution in [-0.4, -0.2) is 67.8 Å². The van der Waals surface area contributed by atoms with Gasteiger partial charge in [0.05, 0.1) is 17.6 Å². The lowest BCUT2D eigenvalue weighted by Crippen LogP contribution is -2.45.